The summed E-state index contributed by atoms with van der Waals surface area (Å²) in [5, 5.41) is 12.7. The minimum absolute atomic E-state index is 0.129. The van der Waals surface area contributed by atoms with Gasteiger partial charge in [-0.1, -0.05) is 42.5 Å². The number of benzene rings is 3. The largest absolute Gasteiger partial charge is 0.508 e. The summed E-state index contributed by atoms with van der Waals surface area (Å²) >= 11 is 0. The van der Waals surface area contributed by atoms with Crippen molar-refractivity contribution in [3.05, 3.63) is 102 Å². The molecule has 0 spiro atoms. The van der Waals surface area contributed by atoms with Crippen molar-refractivity contribution in [1.29, 1.82) is 0 Å². The number of carbonyl (C=O) groups excluding carboxylic acids is 1. The van der Waals surface area contributed by atoms with Gasteiger partial charge in [-0.2, -0.15) is 0 Å². The molecule has 154 valence electrons. The number of phenolic OH excluding ortho intramolecular Hbond substituents is 1. The molecule has 1 amide bonds. The standard InChI is InChI=1S/C26H18N4O2/c31-16-10-8-15(9-11-16)26(32)30-24-18-5-2-1-4-17(18)23-19(24)6-3-7-20(23)25-28-21-12-13-27-14-22(21)29-25/h1-14,24,31H,(H,28,29)(H,30,32). The summed E-state index contributed by atoms with van der Waals surface area (Å²) in [4.78, 5) is 25.3. The van der Waals surface area contributed by atoms with Crippen molar-refractivity contribution in [2.45, 2.75) is 6.04 Å². The van der Waals surface area contributed by atoms with E-state index in [-0.39, 0.29) is 17.7 Å². The van der Waals surface area contributed by atoms with Crippen LogP contribution in [0.15, 0.2) is 85.2 Å². The van der Waals surface area contributed by atoms with Crippen LogP contribution >= 0.6 is 0 Å². The third-order valence-corrected chi connectivity index (χ3v) is 5.89. The first-order valence-corrected chi connectivity index (χ1v) is 10.3. The molecule has 1 unspecified atom stereocenters. The van der Waals surface area contributed by atoms with Crippen molar-refractivity contribution < 1.29 is 9.90 Å². The molecular formula is C26H18N4O2. The fourth-order valence-corrected chi connectivity index (χ4v) is 4.42. The number of aromatic nitrogens is 3. The number of nitrogens with one attached hydrogen (secondary N) is 2. The molecular weight excluding hydrogens is 400 g/mol. The van der Waals surface area contributed by atoms with Crippen molar-refractivity contribution in [3.8, 4) is 28.3 Å². The smallest absolute Gasteiger partial charge is 0.252 e. The van der Waals surface area contributed by atoms with Gasteiger partial charge in [0, 0.05) is 17.3 Å². The number of aromatic amines is 1. The molecule has 6 nitrogen and oxygen atoms in total. The first-order chi connectivity index (χ1) is 15.7. The van der Waals surface area contributed by atoms with E-state index in [1.54, 1.807) is 24.5 Å². The van der Waals surface area contributed by atoms with Crippen molar-refractivity contribution in [3.63, 3.8) is 0 Å². The molecule has 32 heavy (non-hydrogen) atoms. The Hall–Kier alpha value is -4.45. The maximum Gasteiger partial charge on any atom is 0.252 e. The van der Waals surface area contributed by atoms with Crippen LogP contribution in [0.2, 0.25) is 0 Å². The number of nitrogens with zero attached hydrogens (tertiary/aromatic N) is 2. The van der Waals surface area contributed by atoms with Gasteiger partial charge in [-0.05, 0) is 52.6 Å². The maximum absolute atomic E-state index is 13.0. The summed E-state index contributed by atoms with van der Waals surface area (Å²) in [6.45, 7) is 0. The fraction of sp³-hybridized carbons (Fsp3) is 0.0385. The van der Waals surface area contributed by atoms with Crippen molar-refractivity contribution in [1.82, 2.24) is 20.3 Å². The lowest BCUT2D eigenvalue weighted by Gasteiger charge is -2.16. The van der Waals surface area contributed by atoms with Gasteiger partial charge in [-0.15, -0.1) is 0 Å². The number of H-pyrrole nitrogens is 1. The Morgan fingerprint density at radius 2 is 1.69 bits per heavy atom. The predicted molar refractivity (Wildman–Crippen MR) is 122 cm³/mol. The topological polar surface area (TPSA) is 90.9 Å². The molecule has 2 heterocycles. The highest BCUT2D eigenvalue weighted by Crippen LogP contribution is 2.47. The van der Waals surface area contributed by atoms with Crippen molar-refractivity contribution in [2.75, 3.05) is 0 Å². The molecule has 1 aliphatic carbocycles. The van der Waals surface area contributed by atoms with E-state index in [2.05, 4.69) is 21.4 Å². The molecule has 0 aliphatic heterocycles. The molecule has 0 saturated heterocycles. The lowest BCUT2D eigenvalue weighted by Crippen LogP contribution is -2.28. The Morgan fingerprint density at radius 1 is 0.906 bits per heavy atom. The Bertz CT molecular complexity index is 1450. The quantitative estimate of drug-likeness (QED) is 0.391. The summed E-state index contributed by atoms with van der Waals surface area (Å²) in [5.74, 6) is 0.701. The number of amides is 1. The average molecular weight is 418 g/mol. The highest BCUT2D eigenvalue weighted by atomic mass is 16.3. The van der Waals surface area contributed by atoms with Crippen LogP contribution in [0.1, 0.15) is 27.5 Å². The van der Waals surface area contributed by atoms with Gasteiger partial charge in [0.15, 0.2) is 0 Å². The fourth-order valence-electron chi connectivity index (χ4n) is 4.42. The van der Waals surface area contributed by atoms with Crippen LogP contribution in [0.4, 0.5) is 0 Å². The van der Waals surface area contributed by atoms with E-state index in [1.807, 2.05) is 42.5 Å². The van der Waals surface area contributed by atoms with Crippen LogP contribution in [0.5, 0.6) is 5.75 Å². The molecule has 5 aromatic rings. The molecule has 0 saturated carbocycles. The second-order valence-corrected chi connectivity index (χ2v) is 7.79. The third kappa shape index (κ3) is 2.85. The number of phenols is 1. The van der Waals surface area contributed by atoms with Gasteiger partial charge in [-0.3, -0.25) is 9.78 Å². The molecule has 3 aromatic carbocycles. The zero-order valence-corrected chi connectivity index (χ0v) is 16.9. The monoisotopic (exact) mass is 418 g/mol. The molecule has 2 aromatic heterocycles. The van der Waals surface area contributed by atoms with E-state index >= 15 is 0 Å². The zero-order chi connectivity index (χ0) is 21.7. The number of pyridine rings is 1. The number of hydrogen-bond donors (Lipinski definition) is 3. The summed E-state index contributed by atoms with van der Waals surface area (Å²) in [5.41, 5.74) is 7.41. The number of imidazole rings is 1. The van der Waals surface area contributed by atoms with Gasteiger partial charge < -0.3 is 15.4 Å². The second-order valence-electron chi connectivity index (χ2n) is 7.79. The lowest BCUT2D eigenvalue weighted by molar-refractivity contribution is 0.0943. The van der Waals surface area contributed by atoms with Crippen LogP contribution in [-0.4, -0.2) is 26.0 Å². The molecule has 6 rings (SSSR count). The second kappa shape index (κ2) is 7.06. The Kier molecular flexibility index (Phi) is 4.04. The van der Waals surface area contributed by atoms with Gasteiger partial charge in [0.25, 0.3) is 5.91 Å². The number of aromatic hydroxyl groups is 1. The first-order valence-electron chi connectivity index (χ1n) is 10.3. The van der Waals surface area contributed by atoms with E-state index < -0.39 is 0 Å². The maximum atomic E-state index is 13.0. The molecule has 0 fully saturated rings. The predicted octanol–water partition coefficient (Wildman–Crippen LogP) is 4.83. The van der Waals surface area contributed by atoms with Gasteiger partial charge in [0.05, 0.1) is 23.3 Å². The minimum atomic E-state index is -0.284. The highest BCUT2D eigenvalue weighted by Gasteiger charge is 2.32. The molecule has 6 heteroatoms. The van der Waals surface area contributed by atoms with Gasteiger partial charge in [-0.25, -0.2) is 4.98 Å². The molecule has 1 aliphatic rings. The summed E-state index contributed by atoms with van der Waals surface area (Å²) < 4.78 is 0. The first kappa shape index (κ1) is 18.3. The number of carbonyl (C=O) groups is 1. The van der Waals surface area contributed by atoms with E-state index in [0.717, 1.165) is 44.7 Å². The van der Waals surface area contributed by atoms with Gasteiger partial charge in [0.1, 0.15) is 11.6 Å². The average Bonchev–Trinajstić information content (AvgIpc) is 3.39. The Labute approximate surface area is 183 Å². The number of rotatable bonds is 3. The van der Waals surface area contributed by atoms with Crippen molar-refractivity contribution >= 4 is 16.9 Å². The minimum Gasteiger partial charge on any atom is -0.508 e. The Balaban J connectivity index is 1.47. The number of fused-ring (bicyclic) bond motifs is 4. The van der Waals surface area contributed by atoms with Crippen LogP contribution in [0, 0.1) is 0 Å². The third-order valence-electron chi connectivity index (χ3n) is 5.89. The summed E-state index contributed by atoms with van der Waals surface area (Å²) in [7, 11) is 0. The van der Waals surface area contributed by atoms with Crippen LogP contribution < -0.4 is 5.32 Å². The molecule has 3 N–H and O–H groups in total. The number of hydrogen-bond acceptors (Lipinski definition) is 4. The molecule has 0 radical (unpaired) electrons. The zero-order valence-electron chi connectivity index (χ0n) is 16.9. The van der Waals surface area contributed by atoms with E-state index in [1.165, 1.54) is 12.1 Å². The van der Waals surface area contributed by atoms with Gasteiger partial charge in [0.2, 0.25) is 0 Å². The Morgan fingerprint density at radius 3 is 2.53 bits per heavy atom. The highest BCUT2D eigenvalue weighted by molar-refractivity contribution is 5.97. The van der Waals surface area contributed by atoms with E-state index in [0.29, 0.717) is 5.56 Å². The van der Waals surface area contributed by atoms with Crippen LogP contribution in [0.25, 0.3) is 33.5 Å². The summed E-state index contributed by atoms with van der Waals surface area (Å²) in [6, 6.07) is 22.1. The van der Waals surface area contributed by atoms with Gasteiger partial charge >= 0.3 is 0 Å². The lowest BCUT2D eigenvalue weighted by atomic mass is 9.98. The molecule has 1 atom stereocenters. The van der Waals surface area contributed by atoms with Crippen LogP contribution in [-0.2, 0) is 0 Å². The van der Waals surface area contributed by atoms with E-state index in [4.69, 9.17) is 4.98 Å². The SMILES string of the molecule is O=C(NC1c2ccccc2-c2c(-c3nc4ccncc4[nH]3)cccc21)c1ccc(O)cc1. The molecule has 0 bridgehead atoms. The van der Waals surface area contributed by atoms with Crippen LogP contribution in [0.3, 0.4) is 0 Å². The van der Waals surface area contributed by atoms with E-state index in [9.17, 15) is 9.90 Å². The normalized spacial score (nSPS) is 14.2. The van der Waals surface area contributed by atoms with Crippen molar-refractivity contribution in [2.24, 2.45) is 0 Å². The summed E-state index contributed by atoms with van der Waals surface area (Å²) in [6.07, 6.45) is 3.50.